The fraction of sp³-hybridized carbons (Fsp3) is 0.308. The number of hydrogen-bond acceptors (Lipinski definition) is 0. The molecule has 0 aliphatic heterocycles. The van der Waals surface area contributed by atoms with Crippen LogP contribution in [0.25, 0.3) is 10.4 Å². The minimum Gasteiger partial charge on any atom is -0.306 e. The van der Waals surface area contributed by atoms with E-state index in [1.54, 1.807) is 0 Å². The highest BCUT2D eigenvalue weighted by atomic mass is 14.8. The Morgan fingerprint density at radius 2 is 1.93 bits per heavy atom. The Labute approximate surface area is 85.9 Å². The fourth-order valence-corrected chi connectivity index (χ4v) is 1.45. The molecular weight excluding hydrogens is 170 g/mol. The van der Waals surface area contributed by atoms with Crippen LogP contribution in [0.2, 0.25) is 0 Å². The summed E-state index contributed by atoms with van der Waals surface area (Å²) in [4.78, 5) is 3.64. The summed E-state index contributed by atoms with van der Waals surface area (Å²) in [5.74, 6) is 0. The fourth-order valence-electron chi connectivity index (χ4n) is 1.45. The van der Waals surface area contributed by atoms with Gasteiger partial charge in [-0.3, -0.25) is 0 Å². The lowest BCUT2D eigenvalue weighted by Gasteiger charge is -2.16. The van der Waals surface area contributed by atoms with Gasteiger partial charge in [0.25, 0.3) is 5.54 Å². The van der Waals surface area contributed by atoms with Gasteiger partial charge in [0.15, 0.2) is 0 Å². The van der Waals surface area contributed by atoms with Crippen LogP contribution in [-0.4, -0.2) is 0 Å². The first-order valence-corrected chi connectivity index (χ1v) is 4.63. The summed E-state index contributed by atoms with van der Waals surface area (Å²) >= 11 is 0. The first-order valence-electron chi connectivity index (χ1n) is 4.63. The molecule has 0 saturated carbocycles. The quantitative estimate of drug-likeness (QED) is 0.616. The van der Waals surface area contributed by atoms with Crippen molar-refractivity contribution in [3.8, 4) is 0 Å². The minimum atomic E-state index is -0.463. The van der Waals surface area contributed by atoms with E-state index in [4.69, 9.17) is 6.57 Å². The van der Waals surface area contributed by atoms with E-state index in [0.29, 0.717) is 0 Å². The van der Waals surface area contributed by atoms with Crippen LogP contribution in [0.4, 0.5) is 0 Å². The Morgan fingerprint density at radius 3 is 2.43 bits per heavy atom. The van der Waals surface area contributed by atoms with Crippen molar-refractivity contribution < 1.29 is 0 Å². The van der Waals surface area contributed by atoms with Crippen LogP contribution in [0.1, 0.15) is 31.9 Å². The van der Waals surface area contributed by atoms with E-state index < -0.39 is 5.54 Å². The standard InChI is InChI=1S/C13H15N/c1-10(2)11-8-6-7-9-12(11)13(3,4)14-5/h6-9H,1H2,2-4H3. The maximum absolute atomic E-state index is 7.18. The number of hydrogen-bond donors (Lipinski definition) is 0. The van der Waals surface area contributed by atoms with E-state index in [9.17, 15) is 0 Å². The molecule has 0 atom stereocenters. The summed E-state index contributed by atoms with van der Waals surface area (Å²) in [6.45, 7) is 16.9. The number of nitrogens with zero attached hydrogens (tertiary/aromatic N) is 1. The average Bonchev–Trinajstić information content (AvgIpc) is 2.18. The molecule has 0 aliphatic carbocycles. The molecule has 0 aliphatic rings. The molecule has 72 valence electrons. The maximum Gasteiger partial charge on any atom is 0.252 e. The van der Waals surface area contributed by atoms with Crippen LogP contribution in [0.5, 0.6) is 0 Å². The van der Waals surface area contributed by atoms with Crippen LogP contribution < -0.4 is 0 Å². The first kappa shape index (κ1) is 10.5. The van der Waals surface area contributed by atoms with Gasteiger partial charge in [0, 0.05) is 19.4 Å². The van der Waals surface area contributed by atoms with Crippen molar-refractivity contribution in [3.63, 3.8) is 0 Å². The molecule has 0 fully saturated rings. The van der Waals surface area contributed by atoms with E-state index in [2.05, 4.69) is 11.4 Å². The Morgan fingerprint density at radius 1 is 1.36 bits per heavy atom. The number of rotatable bonds is 2. The van der Waals surface area contributed by atoms with Gasteiger partial charge in [-0.2, -0.15) is 0 Å². The number of allylic oxidation sites excluding steroid dienone is 1. The summed E-state index contributed by atoms with van der Waals surface area (Å²) in [6, 6.07) is 7.97. The zero-order valence-corrected chi connectivity index (χ0v) is 8.96. The lowest BCUT2D eigenvalue weighted by atomic mass is 9.88. The normalized spacial score (nSPS) is 10.7. The molecule has 0 amide bonds. The van der Waals surface area contributed by atoms with Crippen LogP contribution >= 0.6 is 0 Å². The maximum atomic E-state index is 7.18. The Balaban J connectivity index is 3.36. The van der Waals surface area contributed by atoms with Crippen molar-refractivity contribution >= 4 is 5.57 Å². The molecule has 1 rings (SSSR count). The average molecular weight is 185 g/mol. The Hall–Kier alpha value is -1.55. The van der Waals surface area contributed by atoms with Crippen LogP contribution in [0.3, 0.4) is 0 Å². The Kier molecular flexibility index (Phi) is 2.76. The lowest BCUT2D eigenvalue weighted by Crippen LogP contribution is -2.13. The third-order valence-electron chi connectivity index (χ3n) is 2.33. The van der Waals surface area contributed by atoms with Gasteiger partial charge >= 0.3 is 0 Å². The van der Waals surface area contributed by atoms with Gasteiger partial charge in [-0.25, -0.2) is 6.57 Å². The highest BCUT2D eigenvalue weighted by Crippen LogP contribution is 2.30. The molecule has 0 spiro atoms. The molecule has 0 unspecified atom stereocenters. The second kappa shape index (κ2) is 3.67. The van der Waals surface area contributed by atoms with Gasteiger partial charge in [0.05, 0.1) is 0 Å². The molecule has 1 aromatic rings. The zero-order chi connectivity index (χ0) is 10.8. The lowest BCUT2D eigenvalue weighted by molar-refractivity contribution is 0.662. The number of benzene rings is 1. The Bertz CT molecular complexity index is 394. The third-order valence-corrected chi connectivity index (χ3v) is 2.33. The molecule has 1 aromatic carbocycles. The van der Waals surface area contributed by atoms with Crippen LogP contribution in [0, 0.1) is 6.57 Å². The van der Waals surface area contributed by atoms with Crippen molar-refractivity contribution in [2.75, 3.05) is 0 Å². The topological polar surface area (TPSA) is 4.36 Å². The summed E-state index contributed by atoms with van der Waals surface area (Å²) < 4.78 is 0. The summed E-state index contributed by atoms with van der Waals surface area (Å²) in [5, 5.41) is 0. The SMILES string of the molecule is [C-]#[N+]C(C)(C)c1ccccc1C(=C)C. The summed E-state index contributed by atoms with van der Waals surface area (Å²) in [5.41, 5.74) is 2.70. The molecular formula is C13H15N. The second-order valence-electron chi connectivity index (χ2n) is 4.00. The second-order valence-corrected chi connectivity index (χ2v) is 4.00. The molecule has 0 heterocycles. The molecule has 0 bridgehead atoms. The summed E-state index contributed by atoms with van der Waals surface area (Å²) in [6.07, 6.45) is 0. The summed E-state index contributed by atoms with van der Waals surface area (Å²) in [7, 11) is 0. The molecule has 0 saturated heterocycles. The van der Waals surface area contributed by atoms with Gasteiger partial charge in [-0.1, -0.05) is 36.4 Å². The monoisotopic (exact) mass is 185 g/mol. The van der Waals surface area contributed by atoms with E-state index in [1.807, 2.05) is 45.0 Å². The third kappa shape index (κ3) is 1.85. The molecule has 14 heavy (non-hydrogen) atoms. The highest BCUT2D eigenvalue weighted by molar-refractivity contribution is 5.66. The van der Waals surface area contributed by atoms with Gasteiger partial charge in [0.2, 0.25) is 0 Å². The zero-order valence-electron chi connectivity index (χ0n) is 8.96. The molecule has 0 N–H and O–H groups in total. The van der Waals surface area contributed by atoms with Gasteiger partial charge in [-0.15, -0.1) is 0 Å². The smallest absolute Gasteiger partial charge is 0.252 e. The van der Waals surface area contributed by atoms with E-state index >= 15 is 0 Å². The molecule has 0 aromatic heterocycles. The van der Waals surface area contributed by atoms with Crippen LogP contribution in [-0.2, 0) is 5.54 Å². The van der Waals surface area contributed by atoms with Crippen molar-refractivity contribution in [1.82, 2.24) is 0 Å². The van der Waals surface area contributed by atoms with Gasteiger partial charge in [0.1, 0.15) is 0 Å². The van der Waals surface area contributed by atoms with Crippen molar-refractivity contribution in [1.29, 1.82) is 0 Å². The highest BCUT2D eigenvalue weighted by Gasteiger charge is 2.28. The van der Waals surface area contributed by atoms with E-state index in [1.165, 1.54) is 0 Å². The predicted molar refractivity (Wildman–Crippen MR) is 60.8 cm³/mol. The molecule has 1 heteroatoms. The first-order chi connectivity index (χ1) is 6.49. The van der Waals surface area contributed by atoms with Gasteiger partial charge < -0.3 is 4.85 Å². The van der Waals surface area contributed by atoms with Crippen molar-refractivity contribution in [3.05, 3.63) is 53.4 Å². The van der Waals surface area contributed by atoms with Crippen molar-refractivity contribution in [2.45, 2.75) is 26.3 Å². The van der Waals surface area contributed by atoms with Crippen molar-refractivity contribution in [2.24, 2.45) is 0 Å². The van der Waals surface area contributed by atoms with Crippen LogP contribution in [0.15, 0.2) is 30.8 Å². The molecule has 1 nitrogen and oxygen atoms in total. The predicted octanol–water partition coefficient (Wildman–Crippen LogP) is 3.87. The molecule has 0 radical (unpaired) electrons. The van der Waals surface area contributed by atoms with E-state index in [-0.39, 0.29) is 0 Å². The van der Waals surface area contributed by atoms with E-state index in [0.717, 1.165) is 16.7 Å². The van der Waals surface area contributed by atoms with Gasteiger partial charge in [-0.05, 0) is 12.5 Å². The minimum absolute atomic E-state index is 0.463. The largest absolute Gasteiger partial charge is 0.306 e.